The lowest BCUT2D eigenvalue weighted by Gasteiger charge is -2.15. The van der Waals surface area contributed by atoms with Gasteiger partial charge >= 0.3 is 12.1 Å². The monoisotopic (exact) mass is 402 g/mol. The van der Waals surface area contributed by atoms with Crippen LogP contribution < -0.4 is 5.32 Å². The van der Waals surface area contributed by atoms with Crippen molar-refractivity contribution in [3.63, 3.8) is 0 Å². The van der Waals surface area contributed by atoms with Crippen molar-refractivity contribution in [3.05, 3.63) is 47.3 Å². The smallest absolute Gasteiger partial charge is 0.471 e. The molecule has 0 aliphatic heterocycles. The maximum atomic E-state index is 12.5. The minimum absolute atomic E-state index is 0.0991. The Kier molecular flexibility index (Phi) is 6.56. The van der Waals surface area contributed by atoms with E-state index in [-0.39, 0.29) is 29.5 Å². The fourth-order valence-corrected chi connectivity index (χ4v) is 1.94. The molecule has 0 radical (unpaired) electrons. The Bertz CT molecular complexity index is 834. The van der Waals surface area contributed by atoms with Gasteiger partial charge in [0.2, 0.25) is 11.7 Å². The van der Waals surface area contributed by atoms with Crippen molar-refractivity contribution in [2.45, 2.75) is 19.1 Å². The van der Waals surface area contributed by atoms with Crippen LogP contribution in [0.15, 0.2) is 40.4 Å². The summed E-state index contributed by atoms with van der Waals surface area (Å²) in [4.78, 5) is 15.4. The van der Waals surface area contributed by atoms with Gasteiger partial charge in [0.25, 0.3) is 5.91 Å². The molecule has 1 amide bonds. The summed E-state index contributed by atoms with van der Waals surface area (Å²) in [5, 5.41) is 13.5. The van der Waals surface area contributed by atoms with Crippen LogP contribution in [0.1, 0.15) is 23.2 Å². The van der Waals surface area contributed by atoms with Gasteiger partial charge < -0.3 is 14.6 Å². The van der Waals surface area contributed by atoms with Crippen LogP contribution in [0.2, 0.25) is 0 Å². The van der Waals surface area contributed by atoms with Crippen LogP contribution in [0, 0.1) is 5.41 Å². The highest BCUT2D eigenvalue weighted by Gasteiger charge is 2.38. The number of alkyl halides is 3. The number of hydrogen-bond donors (Lipinski definition) is 2. The van der Waals surface area contributed by atoms with E-state index < -0.39 is 24.0 Å². The van der Waals surface area contributed by atoms with Gasteiger partial charge in [-0.05, 0) is 25.1 Å². The molecule has 1 aromatic carbocycles. The zero-order valence-electron chi connectivity index (χ0n) is 13.9. The molecular formula is C16H14ClF3N4O3. The van der Waals surface area contributed by atoms with E-state index in [1.807, 2.05) is 0 Å². The second-order valence-electron chi connectivity index (χ2n) is 5.23. The van der Waals surface area contributed by atoms with Gasteiger partial charge in [-0.3, -0.25) is 10.2 Å². The van der Waals surface area contributed by atoms with Crippen LogP contribution in [-0.2, 0) is 10.9 Å². The summed E-state index contributed by atoms with van der Waals surface area (Å²) in [6.45, 7) is 1.67. The molecule has 0 aliphatic carbocycles. The van der Waals surface area contributed by atoms with E-state index >= 15 is 0 Å². The lowest BCUT2D eigenvalue weighted by atomic mass is 10.1. The van der Waals surface area contributed by atoms with E-state index in [0.29, 0.717) is 0 Å². The molecule has 1 atom stereocenters. The number of halogens is 4. The van der Waals surface area contributed by atoms with Crippen LogP contribution in [0.5, 0.6) is 0 Å². The number of ether oxygens (including phenoxy) is 1. The average molecular weight is 403 g/mol. The maximum Gasteiger partial charge on any atom is 0.471 e. The van der Waals surface area contributed by atoms with Crippen molar-refractivity contribution < 1.29 is 27.2 Å². The average Bonchev–Trinajstić information content (AvgIpc) is 3.12. The molecule has 1 aromatic heterocycles. The summed E-state index contributed by atoms with van der Waals surface area (Å²) in [7, 11) is 0. The van der Waals surface area contributed by atoms with E-state index in [4.69, 9.17) is 21.7 Å². The molecule has 1 unspecified atom stereocenters. The zero-order chi connectivity index (χ0) is 20.0. The van der Waals surface area contributed by atoms with Crippen molar-refractivity contribution in [1.82, 2.24) is 15.5 Å². The van der Waals surface area contributed by atoms with Gasteiger partial charge in [-0.1, -0.05) is 28.9 Å². The van der Waals surface area contributed by atoms with Crippen molar-refractivity contribution in [1.29, 1.82) is 5.41 Å². The van der Waals surface area contributed by atoms with Gasteiger partial charge in [-0.15, -0.1) is 0 Å². The van der Waals surface area contributed by atoms with Crippen LogP contribution in [0.3, 0.4) is 0 Å². The van der Waals surface area contributed by atoms with Crippen LogP contribution in [0.25, 0.3) is 11.4 Å². The van der Waals surface area contributed by atoms with E-state index in [0.717, 1.165) is 0 Å². The van der Waals surface area contributed by atoms with Crippen molar-refractivity contribution >= 4 is 23.4 Å². The third-order valence-corrected chi connectivity index (χ3v) is 3.42. The first-order valence-corrected chi connectivity index (χ1v) is 7.94. The largest absolute Gasteiger partial charge is 0.475 e. The lowest BCUT2D eigenvalue weighted by Crippen LogP contribution is -2.39. The summed E-state index contributed by atoms with van der Waals surface area (Å²) < 4.78 is 46.7. The molecule has 27 heavy (non-hydrogen) atoms. The maximum absolute atomic E-state index is 12.5. The lowest BCUT2D eigenvalue weighted by molar-refractivity contribution is -0.159. The Morgan fingerprint density at radius 1 is 1.41 bits per heavy atom. The minimum atomic E-state index is -4.73. The molecule has 0 bridgehead atoms. The fourth-order valence-electron chi connectivity index (χ4n) is 1.87. The van der Waals surface area contributed by atoms with Gasteiger partial charge in [-0.2, -0.15) is 18.2 Å². The van der Waals surface area contributed by atoms with Gasteiger partial charge in [0.1, 0.15) is 12.6 Å². The van der Waals surface area contributed by atoms with Gasteiger partial charge in [0.05, 0.1) is 0 Å². The van der Waals surface area contributed by atoms with Crippen LogP contribution >= 0.6 is 11.6 Å². The van der Waals surface area contributed by atoms with Gasteiger partial charge in [0, 0.05) is 16.7 Å². The highest BCUT2D eigenvalue weighted by atomic mass is 35.5. The number of amides is 1. The topological polar surface area (TPSA) is 101 Å². The molecule has 1 heterocycles. The minimum Gasteiger partial charge on any atom is -0.475 e. The normalized spacial score (nSPS) is 12.8. The fraction of sp³-hybridized carbons (Fsp3) is 0.250. The van der Waals surface area contributed by atoms with Crippen molar-refractivity contribution in [2.75, 3.05) is 6.61 Å². The van der Waals surface area contributed by atoms with Crippen LogP contribution in [0.4, 0.5) is 13.2 Å². The first-order valence-electron chi connectivity index (χ1n) is 7.51. The molecule has 11 heteroatoms. The molecule has 0 saturated heterocycles. The third-order valence-electron chi connectivity index (χ3n) is 3.24. The summed E-state index contributed by atoms with van der Waals surface area (Å²) in [5.74, 6) is -2.33. The van der Waals surface area contributed by atoms with Crippen molar-refractivity contribution in [3.8, 4) is 11.4 Å². The number of benzene rings is 1. The summed E-state index contributed by atoms with van der Waals surface area (Å²) in [6, 6.07) is 4.87. The number of carbonyl (C=O) groups is 1. The molecule has 7 nitrogen and oxygen atoms in total. The Morgan fingerprint density at radius 2 is 2.07 bits per heavy atom. The second kappa shape index (κ2) is 8.67. The highest BCUT2D eigenvalue weighted by Crippen LogP contribution is 2.29. The first kappa shape index (κ1) is 20.4. The number of rotatable bonds is 6. The van der Waals surface area contributed by atoms with Gasteiger partial charge in [-0.25, -0.2) is 0 Å². The van der Waals surface area contributed by atoms with Crippen LogP contribution in [-0.4, -0.2) is 34.6 Å². The quantitative estimate of drug-likeness (QED) is 0.567. The molecule has 144 valence electrons. The molecule has 2 N–H and O–H groups in total. The molecule has 2 aromatic rings. The first-order chi connectivity index (χ1) is 12.7. The van der Waals surface area contributed by atoms with Crippen molar-refractivity contribution in [2.24, 2.45) is 0 Å². The molecule has 0 spiro atoms. The number of aromatic nitrogens is 2. The number of hydrogen-bond acceptors (Lipinski definition) is 6. The molecule has 0 fully saturated rings. The second-order valence-corrected chi connectivity index (χ2v) is 5.48. The number of carbonyl (C=O) groups excluding carboxylic acids is 1. The SMILES string of the molecule is CC(NC(=O)c1ccc(-c2noc(C(F)(F)F)n2)cc1)C(=N)OC/C=C\Cl. The molecule has 0 aliphatic rings. The predicted molar refractivity (Wildman–Crippen MR) is 90.3 cm³/mol. The zero-order valence-corrected chi connectivity index (χ0v) is 14.6. The Morgan fingerprint density at radius 3 is 2.63 bits per heavy atom. The highest BCUT2D eigenvalue weighted by molar-refractivity contribution is 6.25. The Hall–Kier alpha value is -2.88. The van der Waals surface area contributed by atoms with E-state index in [1.54, 1.807) is 6.92 Å². The molecule has 0 saturated carbocycles. The number of nitrogens with zero attached hydrogens (tertiary/aromatic N) is 2. The van der Waals surface area contributed by atoms with E-state index in [2.05, 4.69) is 20.0 Å². The molecule has 2 rings (SSSR count). The number of nitrogens with one attached hydrogen (secondary N) is 2. The Balaban J connectivity index is 2.01. The van der Waals surface area contributed by atoms with E-state index in [1.165, 1.54) is 35.9 Å². The summed E-state index contributed by atoms with van der Waals surface area (Å²) >= 11 is 5.34. The summed E-state index contributed by atoms with van der Waals surface area (Å²) in [5.41, 5.74) is 1.74. The third kappa shape index (κ3) is 5.55. The Labute approximate surface area is 156 Å². The summed E-state index contributed by atoms with van der Waals surface area (Å²) in [6.07, 6.45) is -3.24. The predicted octanol–water partition coefficient (Wildman–Crippen LogP) is 3.62. The van der Waals surface area contributed by atoms with Gasteiger partial charge in [0.15, 0.2) is 0 Å². The standard InChI is InChI=1S/C16H14ClF3N4O3/c1-9(12(21)26-8-2-7-17)22-14(25)11-5-3-10(4-6-11)13-23-15(27-24-13)16(18,19)20/h2-7,9,21H,8H2,1H3,(H,22,25)/b7-2-,21-12?. The molecular weight excluding hydrogens is 389 g/mol. The van der Waals surface area contributed by atoms with E-state index in [9.17, 15) is 18.0 Å².